The van der Waals surface area contributed by atoms with Gasteiger partial charge in [-0.2, -0.15) is 0 Å². The van der Waals surface area contributed by atoms with Gasteiger partial charge in [0.25, 0.3) is 0 Å². The van der Waals surface area contributed by atoms with Gasteiger partial charge < -0.3 is 10.6 Å². The fraction of sp³-hybridized carbons (Fsp3) is 0.714. The summed E-state index contributed by atoms with van der Waals surface area (Å²) < 4.78 is 0. The number of hydrogen-bond acceptors (Lipinski definition) is 4. The first-order valence-corrected chi connectivity index (χ1v) is 7.79. The summed E-state index contributed by atoms with van der Waals surface area (Å²) in [4.78, 5) is 16.5. The maximum atomic E-state index is 12.0. The van der Waals surface area contributed by atoms with Crippen molar-refractivity contribution in [3.8, 4) is 0 Å². The highest BCUT2D eigenvalue weighted by molar-refractivity contribution is 7.09. The van der Waals surface area contributed by atoms with Crippen molar-refractivity contribution in [1.82, 2.24) is 15.6 Å². The number of nitrogens with one attached hydrogen (secondary N) is 2. The van der Waals surface area contributed by atoms with Crippen molar-refractivity contribution in [1.29, 1.82) is 0 Å². The number of carbonyl (C=O) groups is 1. The molecule has 1 fully saturated rings. The third-order valence-electron chi connectivity index (χ3n) is 3.55. The molecule has 2 heterocycles. The van der Waals surface area contributed by atoms with Gasteiger partial charge in [0.1, 0.15) is 5.01 Å². The van der Waals surface area contributed by atoms with Gasteiger partial charge >= 0.3 is 0 Å². The Kier molecular flexibility index (Phi) is 4.58. The van der Waals surface area contributed by atoms with Crippen LogP contribution >= 0.6 is 11.3 Å². The number of thiazole rings is 1. The average Bonchev–Trinajstić information content (AvgIpc) is 2.96. The number of rotatable bonds is 5. The summed E-state index contributed by atoms with van der Waals surface area (Å²) in [5.41, 5.74) is 0.642. The average molecular weight is 281 g/mol. The van der Waals surface area contributed by atoms with Crippen LogP contribution in [0.15, 0.2) is 5.38 Å². The SMILES string of the molecule is Cc1csc(C(C)(C)NC(=O)CCC2CCNC2)n1. The summed E-state index contributed by atoms with van der Waals surface area (Å²) in [5, 5.41) is 9.43. The van der Waals surface area contributed by atoms with Gasteiger partial charge in [-0.05, 0) is 52.6 Å². The maximum absolute atomic E-state index is 12.0. The molecule has 1 aliphatic rings. The van der Waals surface area contributed by atoms with Crippen molar-refractivity contribution < 1.29 is 4.79 Å². The van der Waals surface area contributed by atoms with Crippen molar-refractivity contribution in [3.63, 3.8) is 0 Å². The number of carbonyl (C=O) groups excluding carboxylic acids is 1. The van der Waals surface area contributed by atoms with Crippen LogP contribution < -0.4 is 10.6 Å². The van der Waals surface area contributed by atoms with E-state index in [1.807, 2.05) is 26.2 Å². The summed E-state index contributed by atoms with van der Waals surface area (Å²) in [6.07, 6.45) is 2.79. The summed E-state index contributed by atoms with van der Waals surface area (Å²) in [6, 6.07) is 0. The van der Waals surface area contributed by atoms with E-state index in [9.17, 15) is 4.79 Å². The quantitative estimate of drug-likeness (QED) is 0.870. The van der Waals surface area contributed by atoms with E-state index < -0.39 is 0 Å². The van der Waals surface area contributed by atoms with Crippen LogP contribution in [0.4, 0.5) is 0 Å². The third-order valence-corrected chi connectivity index (χ3v) is 4.83. The van der Waals surface area contributed by atoms with Crippen molar-refractivity contribution in [2.24, 2.45) is 5.92 Å². The van der Waals surface area contributed by atoms with E-state index in [0.717, 1.165) is 30.2 Å². The third kappa shape index (κ3) is 4.01. The molecule has 0 bridgehead atoms. The lowest BCUT2D eigenvalue weighted by Crippen LogP contribution is -2.41. The topological polar surface area (TPSA) is 54.0 Å². The normalized spacial score (nSPS) is 19.6. The molecule has 1 atom stereocenters. The van der Waals surface area contributed by atoms with E-state index >= 15 is 0 Å². The molecule has 4 nitrogen and oxygen atoms in total. The number of aryl methyl sites for hydroxylation is 1. The van der Waals surface area contributed by atoms with E-state index in [0.29, 0.717) is 12.3 Å². The van der Waals surface area contributed by atoms with E-state index in [4.69, 9.17) is 0 Å². The molecule has 106 valence electrons. The van der Waals surface area contributed by atoms with E-state index in [1.54, 1.807) is 11.3 Å². The Hall–Kier alpha value is -0.940. The van der Waals surface area contributed by atoms with Crippen LogP contribution in [-0.4, -0.2) is 24.0 Å². The molecule has 1 aromatic heterocycles. The maximum Gasteiger partial charge on any atom is 0.220 e. The summed E-state index contributed by atoms with van der Waals surface area (Å²) in [7, 11) is 0. The highest BCUT2D eigenvalue weighted by Gasteiger charge is 2.26. The van der Waals surface area contributed by atoms with Crippen molar-refractivity contribution in [3.05, 3.63) is 16.1 Å². The van der Waals surface area contributed by atoms with Crippen molar-refractivity contribution in [2.45, 2.75) is 45.6 Å². The summed E-state index contributed by atoms with van der Waals surface area (Å²) in [5.74, 6) is 0.792. The van der Waals surface area contributed by atoms with Gasteiger partial charge in [0, 0.05) is 17.5 Å². The second kappa shape index (κ2) is 6.01. The highest BCUT2D eigenvalue weighted by Crippen LogP contribution is 2.24. The first kappa shape index (κ1) is 14.5. The lowest BCUT2D eigenvalue weighted by Gasteiger charge is -2.24. The Balaban J connectivity index is 1.83. The van der Waals surface area contributed by atoms with Gasteiger partial charge in [-0.3, -0.25) is 4.79 Å². The Morgan fingerprint density at radius 1 is 1.63 bits per heavy atom. The molecule has 1 unspecified atom stereocenters. The standard InChI is InChI=1S/C14H23N3OS/c1-10-9-19-13(16-10)14(2,3)17-12(18)5-4-11-6-7-15-8-11/h9,11,15H,4-8H2,1-3H3,(H,17,18). The Bertz CT molecular complexity index is 436. The lowest BCUT2D eigenvalue weighted by molar-refractivity contribution is -0.123. The molecular formula is C14H23N3OS. The predicted octanol–water partition coefficient (Wildman–Crippen LogP) is 2.19. The monoisotopic (exact) mass is 281 g/mol. The van der Waals surface area contributed by atoms with Gasteiger partial charge in [0.05, 0.1) is 5.54 Å². The lowest BCUT2D eigenvalue weighted by atomic mass is 10.0. The van der Waals surface area contributed by atoms with Gasteiger partial charge in [0.2, 0.25) is 5.91 Å². The smallest absolute Gasteiger partial charge is 0.220 e. The predicted molar refractivity (Wildman–Crippen MR) is 78.2 cm³/mol. The molecule has 5 heteroatoms. The second-order valence-electron chi connectivity index (χ2n) is 5.86. The Labute approximate surface area is 119 Å². The molecule has 19 heavy (non-hydrogen) atoms. The van der Waals surface area contributed by atoms with E-state index in [-0.39, 0.29) is 11.4 Å². The van der Waals surface area contributed by atoms with Crippen LogP contribution in [0, 0.1) is 12.8 Å². The fourth-order valence-electron chi connectivity index (χ4n) is 2.40. The van der Waals surface area contributed by atoms with Gasteiger partial charge in [0.15, 0.2) is 0 Å². The van der Waals surface area contributed by atoms with Crippen LogP contribution in [-0.2, 0) is 10.3 Å². The van der Waals surface area contributed by atoms with Crippen LogP contribution in [0.25, 0.3) is 0 Å². The molecule has 0 radical (unpaired) electrons. The van der Waals surface area contributed by atoms with Gasteiger partial charge in [-0.25, -0.2) is 4.98 Å². The van der Waals surface area contributed by atoms with Crippen LogP contribution in [0.1, 0.15) is 43.8 Å². The Morgan fingerprint density at radius 2 is 2.42 bits per heavy atom. The van der Waals surface area contributed by atoms with Crippen molar-refractivity contribution in [2.75, 3.05) is 13.1 Å². The minimum absolute atomic E-state index is 0.129. The first-order chi connectivity index (χ1) is 8.97. The summed E-state index contributed by atoms with van der Waals surface area (Å²) >= 11 is 1.61. The zero-order valence-electron chi connectivity index (χ0n) is 12.0. The number of amides is 1. The number of hydrogen-bond donors (Lipinski definition) is 2. The largest absolute Gasteiger partial charge is 0.345 e. The van der Waals surface area contributed by atoms with Gasteiger partial charge in [-0.1, -0.05) is 0 Å². The number of nitrogens with zero attached hydrogens (tertiary/aromatic N) is 1. The van der Waals surface area contributed by atoms with Crippen LogP contribution in [0.2, 0.25) is 0 Å². The molecule has 0 spiro atoms. The molecule has 0 saturated carbocycles. The molecule has 2 N–H and O–H groups in total. The Morgan fingerprint density at radius 3 is 3.00 bits per heavy atom. The molecule has 0 aliphatic carbocycles. The second-order valence-corrected chi connectivity index (χ2v) is 6.72. The zero-order valence-corrected chi connectivity index (χ0v) is 12.8. The minimum atomic E-state index is -0.371. The first-order valence-electron chi connectivity index (χ1n) is 6.92. The molecule has 1 saturated heterocycles. The molecule has 1 aromatic rings. The fourth-order valence-corrected chi connectivity index (χ4v) is 3.28. The van der Waals surface area contributed by atoms with Crippen molar-refractivity contribution >= 4 is 17.2 Å². The molecule has 1 amide bonds. The highest BCUT2D eigenvalue weighted by atomic mass is 32.1. The molecular weight excluding hydrogens is 258 g/mol. The summed E-state index contributed by atoms with van der Waals surface area (Å²) in [6.45, 7) is 8.16. The minimum Gasteiger partial charge on any atom is -0.345 e. The molecule has 1 aliphatic heterocycles. The zero-order chi connectivity index (χ0) is 13.9. The van der Waals surface area contributed by atoms with Crippen LogP contribution in [0.5, 0.6) is 0 Å². The van der Waals surface area contributed by atoms with Gasteiger partial charge in [-0.15, -0.1) is 11.3 Å². The van der Waals surface area contributed by atoms with E-state index in [1.165, 1.54) is 6.42 Å². The molecule has 2 rings (SSSR count). The number of aromatic nitrogens is 1. The molecule has 0 aromatic carbocycles. The van der Waals surface area contributed by atoms with E-state index in [2.05, 4.69) is 15.6 Å². The van der Waals surface area contributed by atoms with Crippen LogP contribution in [0.3, 0.4) is 0 Å².